The number of aromatic nitrogens is 1. The van der Waals surface area contributed by atoms with Crippen LogP contribution in [0.25, 0.3) is 0 Å². The highest BCUT2D eigenvalue weighted by Crippen LogP contribution is 2.37. The average molecular weight is 296 g/mol. The van der Waals surface area contributed by atoms with Crippen LogP contribution < -0.4 is 0 Å². The zero-order valence-electron chi connectivity index (χ0n) is 10.1. The molecule has 0 spiro atoms. The summed E-state index contributed by atoms with van der Waals surface area (Å²) in [5.74, 6) is -0.184. The Balaban J connectivity index is 2.26. The number of hydrogen-bond acceptors (Lipinski definition) is 3. The average Bonchev–Trinajstić information content (AvgIpc) is 2.73. The normalized spacial score (nSPS) is 25.6. The Kier molecular flexibility index (Phi) is 4.03. The van der Waals surface area contributed by atoms with Gasteiger partial charge in [-0.25, -0.2) is 4.98 Å². The number of rotatable bonds is 2. The number of aliphatic hydroxyl groups excluding tert-OH is 1. The maximum Gasteiger partial charge on any atom is 0.433 e. The van der Waals surface area contributed by atoms with Crippen molar-refractivity contribution in [1.82, 2.24) is 4.98 Å². The molecule has 0 aliphatic carbocycles. The van der Waals surface area contributed by atoms with Crippen LogP contribution in [-0.4, -0.2) is 22.8 Å². The second-order valence-corrected chi connectivity index (χ2v) is 4.91. The lowest BCUT2D eigenvalue weighted by Gasteiger charge is -2.22. The van der Waals surface area contributed by atoms with Crippen LogP contribution in [0.1, 0.15) is 30.7 Å². The van der Waals surface area contributed by atoms with Crippen LogP contribution in [0.2, 0.25) is 5.15 Å². The summed E-state index contributed by atoms with van der Waals surface area (Å²) in [5, 5.41) is 9.86. The summed E-state index contributed by atoms with van der Waals surface area (Å²) in [6.07, 6.45) is -5.04. The standard InChI is InChI=1S/C12H13ClF3NO2/c1-6-7(4-5-19-6)10(18)8-2-3-9(12(14,15)16)17-11(8)13/h2-3,6-7,10,18H,4-5H2,1H3. The van der Waals surface area contributed by atoms with E-state index in [1.54, 1.807) is 0 Å². The van der Waals surface area contributed by atoms with Crippen molar-refractivity contribution in [3.05, 3.63) is 28.5 Å². The Morgan fingerprint density at radius 3 is 2.63 bits per heavy atom. The van der Waals surface area contributed by atoms with Crippen molar-refractivity contribution in [3.8, 4) is 0 Å². The molecular weight excluding hydrogens is 283 g/mol. The van der Waals surface area contributed by atoms with Gasteiger partial charge in [0.25, 0.3) is 0 Å². The van der Waals surface area contributed by atoms with E-state index in [0.717, 1.165) is 6.07 Å². The van der Waals surface area contributed by atoms with Crippen LogP contribution in [0.15, 0.2) is 12.1 Å². The molecule has 2 heterocycles. The van der Waals surface area contributed by atoms with E-state index in [0.29, 0.717) is 13.0 Å². The van der Waals surface area contributed by atoms with Crippen LogP contribution in [0.3, 0.4) is 0 Å². The molecule has 1 aliphatic rings. The van der Waals surface area contributed by atoms with Crippen molar-refractivity contribution in [2.24, 2.45) is 5.92 Å². The number of alkyl halides is 3. The molecule has 2 rings (SSSR count). The van der Waals surface area contributed by atoms with E-state index >= 15 is 0 Å². The van der Waals surface area contributed by atoms with Gasteiger partial charge in [0.05, 0.1) is 12.2 Å². The van der Waals surface area contributed by atoms with E-state index in [1.807, 2.05) is 6.92 Å². The topological polar surface area (TPSA) is 42.4 Å². The molecule has 7 heteroatoms. The Hall–Kier alpha value is -0.850. The van der Waals surface area contributed by atoms with E-state index in [2.05, 4.69) is 4.98 Å². The number of ether oxygens (including phenoxy) is 1. The van der Waals surface area contributed by atoms with Gasteiger partial charge in [-0.1, -0.05) is 17.7 Å². The molecule has 0 amide bonds. The van der Waals surface area contributed by atoms with Crippen LogP contribution in [-0.2, 0) is 10.9 Å². The van der Waals surface area contributed by atoms with Gasteiger partial charge in [0, 0.05) is 18.1 Å². The van der Waals surface area contributed by atoms with E-state index in [4.69, 9.17) is 16.3 Å². The van der Waals surface area contributed by atoms with Gasteiger partial charge in [-0.15, -0.1) is 0 Å². The lowest BCUT2D eigenvalue weighted by molar-refractivity contribution is -0.141. The first-order chi connectivity index (χ1) is 8.80. The molecule has 1 aromatic heterocycles. The summed E-state index contributed by atoms with van der Waals surface area (Å²) in [4.78, 5) is 3.30. The maximum absolute atomic E-state index is 12.5. The quantitative estimate of drug-likeness (QED) is 0.852. The molecule has 3 nitrogen and oxygen atoms in total. The third-order valence-electron chi connectivity index (χ3n) is 3.33. The van der Waals surface area contributed by atoms with Crippen LogP contribution in [0.4, 0.5) is 13.2 Å². The first-order valence-electron chi connectivity index (χ1n) is 5.84. The molecule has 3 unspecified atom stereocenters. The summed E-state index contributed by atoms with van der Waals surface area (Å²) in [6, 6.07) is 2.00. The Labute approximate surface area is 113 Å². The summed E-state index contributed by atoms with van der Waals surface area (Å²) in [7, 11) is 0. The van der Waals surface area contributed by atoms with Gasteiger partial charge in [0.1, 0.15) is 10.8 Å². The zero-order valence-corrected chi connectivity index (χ0v) is 10.9. The predicted molar refractivity (Wildman–Crippen MR) is 62.7 cm³/mol. The van der Waals surface area contributed by atoms with Crippen molar-refractivity contribution in [1.29, 1.82) is 0 Å². The molecule has 3 atom stereocenters. The van der Waals surface area contributed by atoms with Crippen molar-refractivity contribution in [2.45, 2.75) is 31.7 Å². The third-order valence-corrected chi connectivity index (χ3v) is 3.63. The molecule has 1 saturated heterocycles. The molecule has 19 heavy (non-hydrogen) atoms. The molecular formula is C12H13ClF3NO2. The van der Waals surface area contributed by atoms with E-state index < -0.39 is 18.0 Å². The van der Waals surface area contributed by atoms with Gasteiger partial charge in [-0.2, -0.15) is 13.2 Å². The summed E-state index contributed by atoms with van der Waals surface area (Å²) >= 11 is 5.74. The first-order valence-corrected chi connectivity index (χ1v) is 6.22. The van der Waals surface area contributed by atoms with Crippen molar-refractivity contribution < 1.29 is 23.0 Å². The fraction of sp³-hybridized carbons (Fsp3) is 0.583. The predicted octanol–water partition coefficient (Wildman–Crippen LogP) is 3.21. The second kappa shape index (κ2) is 5.26. The second-order valence-electron chi connectivity index (χ2n) is 4.55. The molecule has 0 aromatic carbocycles. The van der Waals surface area contributed by atoms with Gasteiger partial charge in [-0.3, -0.25) is 0 Å². The Morgan fingerprint density at radius 2 is 2.16 bits per heavy atom. The van der Waals surface area contributed by atoms with Crippen LogP contribution in [0.5, 0.6) is 0 Å². The van der Waals surface area contributed by atoms with Gasteiger partial charge in [0.15, 0.2) is 0 Å². The SMILES string of the molecule is CC1OCCC1C(O)c1ccc(C(F)(F)F)nc1Cl. The molecule has 1 fully saturated rings. The highest BCUT2D eigenvalue weighted by atomic mass is 35.5. The highest BCUT2D eigenvalue weighted by molar-refractivity contribution is 6.30. The van der Waals surface area contributed by atoms with Crippen molar-refractivity contribution in [3.63, 3.8) is 0 Å². The van der Waals surface area contributed by atoms with Crippen LogP contribution >= 0.6 is 11.6 Å². The minimum atomic E-state index is -4.54. The van der Waals surface area contributed by atoms with Gasteiger partial charge in [-0.05, 0) is 19.4 Å². The molecule has 106 valence electrons. The van der Waals surface area contributed by atoms with Gasteiger partial charge < -0.3 is 9.84 Å². The lowest BCUT2D eigenvalue weighted by atomic mass is 9.91. The molecule has 0 saturated carbocycles. The number of pyridine rings is 1. The minimum Gasteiger partial charge on any atom is -0.388 e. The van der Waals surface area contributed by atoms with E-state index in [9.17, 15) is 18.3 Å². The molecule has 0 bridgehead atoms. The minimum absolute atomic E-state index is 0.159. The first kappa shape index (κ1) is 14.6. The van der Waals surface area contributed by atoms with Gasteiger partial charge in [0.2, 0.25) is 0 Å². The molecule has 0 radical (unpaired) electrons. The summed E-state index contributed by atoms with van der Waals surface area (Å²) in [5.41, 5.74) is -0.860. The molecule has 1 N–H and O–H groups in total. The maximum atomic E-state index is 12.5. The molecule has 1 aromatic rings. The fourth-order valence-corrected chi connectivity index (χ4v) is 2.48. The summed E-state index contributed by atoms with van der Waals surface area (Å²) < 4.78 is 42.7. The monoisotopic (exact) mass is 295 g/mol. The number of aliphatic hydroxyl groups is 1. The number of nitrogens with zero attached hydrogens (tertiary/aromatic N) is 1. The highest BCUT2D eigenvalue weighted by Gasteiger charge is 2.36. The zero-order chi connectivity index (χ0) is 14.2. The van der Waals surface area contributed by atoms with Gasteiger partial charge >= 0.3 is 6.18 Å². The fourth-order valence-electron chi connectivity index (χ4n) is 2.22. The third kappa shape index (κ3) is 3.01. The van der Waals surface area contributed by atoms with E-state index in [-0.39, 0.29) is 22.7 Å². The summed E-state index contributed by atoms with van der Waals surface area (Å²) in [6.45, 7) is 2.33. The smallest absolute Gasteiger partial charge is 0.388 e. The van der Waals surface area contributed by atoms with Crippen LogP contribution in [0, 0.1) is 5.92 Å². The Bertz CT molecular complexity index is 467. The van der Waals surface area contributed by atoms with E-state index in [1.165, 1.54) is 6.07 Å². The number of hydrogen-bond donors (Lipinski definition) is 1. The Morgan fingerprint density at radius 1 is 1.47 bits per heavy atom. The molecule has 1 aliphatic heterocycles. The number of halogens is 4. The largest absolute Gasteiger partial charge is 0.433 e. The lowest BCUT2D eigenvalue weighted by Crippen LogP contribution is -2.20. The van der Waals surface area contributed by atoms with Crippen molar-refractivity contribution >= 4 is 11.6 Å². The van der Waals surface area contributed by atoms with Crippen molar-refractivity contribution in [2.75, 3.05) is 6.61 Å².